The van der Waals surface area contributed by atoms with Crippen molar-refractivity contribution in [2.75, 3.05) is 26.2 Å². The molecule has 0 radical (unpaired) electrons. The number of nitrogens with zero attached hydrogens (tertiary/aromatic N) is 1. The van der Waals surface area contributed by atoms with Gasteiger partial charge >= 0.3 is 6.09 Å². The van der Waals surface area contributed by atoms with Crippen LogP contribution < -0.4 is 10.6 Å². The van der Waals surface area contributed by atoms with Crippen molar-refractivity contribution in [2.45, 2.75) is 71.4 Å². The highest BCUT2D eigenvalue weighted by Gasteiger charge is 2.20. The van der Waals surface area contributed by atoms with Gasteiger partial charge in [-0.15, -0.1) is 0 Å². The van der Waals surface area contributed by atoms with E-state index in [0.717, 1.165) is 13.1 Å². The Morgan fingerprint density at radius 3 is 2.57 bits per heavy atom. The molecule has 1 heterocycles. The van der Waals surface area contributed by atoms with E-state index in [9.17, 15) is 9.59 Å². The Bertz CT molecular complexity index is 380. The Hall–Kier alpha value is -1.30. The predicted octanol–water partition coefficient (Wildman–Crippen LogP) is 2.28. The summed E-state index contributed by atoms with van der Waals surface area (Å²) in [5.41, 5.74) is -0.517. The molecule has 1 aliphatic rings. The van der Waals surface area contributed by atoms with Gasteiger partial charge < -0.3 is 15.4 Å². The monoisotopic (exact) mass is 327 g/mol. The number of piperidine rings is 1. The van der Waals surface area contributed by atoms with Crippen LogP contribution in [0.5, 0.6) is 0 Å². The largest absolute Gasteiger partial charge is 0.444 e. The summed E-state index contributed by atoms with van der Waals surface area (Å²) >= 11 is 0. The van der Waals surface area contributed by atoms with Gasteiger partial charge in [-0.25, -0.2) is 4.79 Å². The highest BCUT2D eigenvalue weighted by molar-refractivity contribution is 5.77. The molecule has 0 aromatic carbocycles. The zero-order valence-corrected chi connectivity index (χ0v) is 15.1. The van der Waals surface area contributed by atoms with E-state index in [1.165, 1.54) is 25.7 Å². The van der Waals surface area contributed by atoms with Crippen LogP contribution in [-0.4, -0.2) is 54.7 Å². The van der Waals surface area contributed by atoms with Crippen molar-refractivity contribution < 1.29 is 14.3 Å². The van der Waals surface area contributed by atoms with Gasteiger partial charge in [-0.2, -0.15) is 0 Å². The lowest BCUT2D eigenvalue weighted by atomic mass is 10.0. The van der Waals surface area contributed by atoms with Crippen molar-refractivity contribution in [1.82, 2.24) is 15.5 Å². The number of likely N-dealkylation sites (tertiary alicyclic amines) is 1. The summed E-state index contributed by atoms with van der Waals surface area (Å²) in [5.74, 6) is -0.0360. The van der Waals surface area contributed by atoms with E-state index < -0.39 is 11.7 Å². The molecule has 0 bridgehead atoms. The molecule has 0 saturated carbocycles. The van der Waals surface area contributed by atoms with Gasteiger partial charge in [-0.05, 0) is 46.6 Å². The van der Waals surface area contributed by atoms with Crippen LogP contribution in [0.25, 0.3) is 0 Å². The minimum Gasteiger partial charge on any atom is -0.444 e. The summed E-state index contributed by atoms with van der Waals surface area (Å²) in [6.45, 7) is 10.7. The number of nitrogens with one attached hydrogen (secondary N) is 2. The Kier molecular flexibility index (Phi) is 8.37. The number of amides is 2. The van der Waals surface area contributed by atoms with Gasteiger partial charge in [0.2, 0.25) is 5.91 Å². The Labute approximate surface area is 140 Å². The lowest BCUT2D eigenvalue weighted by Gasteiger charge is -2.35. The molecule has 134 valence electrons. The fourth-order valence-electron chi connectivity index (χ4n) is 2.84. The number of ether oxygens (including phenoxy) is 1. The third kappa shape index (κ3) is 8.79. The number of alkyl carbamates (subject to hydrolysis) is 1. The van der Waals surface area contributed by atoms with E-state index in [-0.39, 0.29) is 12.3 Å². The summed E-state index contributed by atoms with van der Waals surface area (Å²) in [4.78, 5) is 25.7. The SMILES string of the molecule is CCC1CCCCN1CCNC(=O)CCNC(=O)OC(C)(C)C. The summed E-state index contributed by atoms with van der Waals surface area (Å²) in [6, 6.07) is 0.662. The average molecular weight is 327 g/mol. The molecule has 0 spiro atoms. The molecular formula is C17H33N3O3. The highest BCUT2D eigenvalue weighted by Crippen LogP contribution is 2.18. The van der Waals surface area contributed by atoms with Crippen LogP contribution in [0.2, 0.25) is 0 Å². The lowest BCUT2D eigenvalue weighted by Crippen LogP contribution is -2.43. The van der Waals surface area contributed by atoms with Gasteiger partial charge in [-0.3, -0.25) is 9.69 Å². The van der Waals surface area contributed by atoms with Crippen molar-refractivity contribution in [1.29, 1.82) is 0 Å². The molecular weight excluding hydrogens is 294 g/mol. The molecule has 1 fully saturated rings. The van der Waals surface area contributed by atoms with E-state index in [1.807, 2.05) is 20.8 Å². The summed E-state index contributed by atoms with van der Waals surface area (Å²) in [7, 11) is 0. The number of rotatable bonds is 7. The Morgan fingerprint density at radius 1 is 1.17 bits per heavy atom. The highest BCUT2D eigenvalue weighted by atomic mass is 16.6. The Balaban J connectivity index is 2.11. The van der Waals surface area contributed by atoms with Crippen LogP contribution in [0, 0.1) is 0 Å². The van der Waals surface area contributed by atoms with E-state index >= 15 is 0 Å². The first-order valence-corrected chi connectivity index (χ1v) is 8.79. The van der Waals surface area contributed by atoms with Crippen LogP contribution in [0.1, 0.15) is 59.8 Å². The quantitative estimate of drug-likeness (QED) is 0.752. The molecule has 1 unspecified atom stereocenters. The van der Waals surface area contributed by atoms with Crippen LogP contribution >= 0.6 is 0 Å². The lowest BCUT2D eigenvalue weighted by molar-refractivity contribution is -0.121. The van der Waals surface area contributed by atoms with Crippen LogP contribution in [0.15, 0.2) is 0 Å². The maximum absolute atomic E-state index is 11.8. The second-order valence-electron chi connectivity index (χ2n) is 7.12. The molecule has 1 saturated heterocycles. The van der Waals surface area contributed by atoms with Crippen molar-refractivity contribution in [2.24, 2.45) is 0 Å². The van der Waals surface area contributed by atoms with Gasteiger partial charge in [-0.1, -0.05) is 13.3 Å². The third-order valence-corrected chi connectivity index (χ3v) is 3.96. The molecule has 6 heteroatoms. The molecule has 23 heavy (non-hydrogen) atoms. The van der Waals surface area contributed by atoms with Crippen LogP contribution in [-0.2, 0) is 9.53 Å². The number of hydrogen-bond acceptors (Lipinski definition) is 4. The maximum Gasteiger partial charge on any atom is 0.407 e. The van der Waals surface area contributed by atoms with Gasteiger partial charge in [0.1, 0.15) is 5.60 Å². The van der Waals surface area contributed by atoms with Crippen molar-refractivity contribution in [3.05, 3.63) is 0 Å². The van der Waals surface area contributed by atoms with E-state index in [2.05, 4.69) is 22.5 Å². The standard InChI is InChI=1S/C17H33N3O3/c1-5-14-8-6-7-12-20(14)13-11-18-15(21)9-10-19-16(22)23-17(2,3)4/h14H,5-13H2,1-4H3,(H,18,21)(H,19,22). The molecule has 0 aliphatic carbocycles. The van der Waals surface area contributed by atoms with E-state index in [4.69, 9.17) is 4.74 Å². The summed E-state index contributed by atoms with van der Waals surface area (Å²) < 4.78 is 5.12. The van der Waals surface area contributed by atoms with Crippen molar-refractivity contribution in [3.63, 3.8) is 0 Å². The number of hydrogen-bond donors (Lipinski definition) is 2. The molecule has 2 N–H and O–H groups in total. The minimum absolute atomic E-state index is 0.0360. The first kappa shape index (κ1) is 19.7. The maximum atomic E-state index is 11.8. The van der Waals surface area contributed by atoms with Crippen LogP contribution in [0.3, 0.4) is 0 Å². The Morgan fingerprint density at radius 2 is 1.91 bits per heavy atom. The third-order valence-electron chi connectivity index (χ3n) is 3.96. The first-order valence-electron chi connectivity index (χ1n) is 8.79. The van der Waals surface area contributed by atoms with E-state index in [1.54, 1.807) is 0 Å². The smallest absolute Gasteiger partial charge is 0.407 e. The molecule has 1 atom stereocenters. The normalized spacial score (nSPS) is 19.2. The summed E-state index contributed by atoms with van der Waals surface area (Å²) in [5, 5.41) is 5.52. The van der Waals surface area contributed by atoms with Crippen molar-refractivity contribution in [3.8, 4) is 0 Å². The second-order valence-corrected chi connectivity index (χ2v) is 7.12. The number of carbonyl (C=O) groups is 2. The second kappa shape index (κ2) is 9.75. The fraction of sp³-hybridized carbons (Fsp3) is 0.882. The topological polar surface area (TPSA) is 70.7 Å². The number of carbonyl (C=O) groups excluding carboxylic acids is 2. The van der Waals surface area contributed by atoms with Gasteiger partial charge in [0, 0.05) is 32.1 Å². The molecule has 1 aliphatic heterocycles. The molecule has 2 amide bonds. The van der Waals surface area contributed by atoms with Gasteiger partial charge in [0.05, 0.1) is 0 Å². The predicted molar refractivity (Wildman–Crippen MR) is 91.4 cm³/mol. The minimum atomic E-state index is -0.517. The van der Waals surface area contributed by atoms with Crippen molar-refractivity contribution >= 4 is 12.0 Å². The fourth-order valence-corrected chi connectivity index (χ4v) is 2.84. The molecule has 0 aromatic heterocycles. The zero-order valence-electron chi connectivity index (χ0n) is 15.1. The summed E-state index contributed by atoms with van der Waals surface area (Å²) in [6.07, 6.45) is 4.81. The van der Waals surface area contributed by atoms with Gasteiger partial charge in [0.15, 0.2) is 0 Å². The van der Waals surface area contributed by atoms with Crippen LogP contribution in [0.4, 0.5) is 4.79 Å². The molecule has 6 nitrogen and oxygen atoms in total. The van der Waals surface area contributed by atoms with E-state index in [0.29, 0.717) is 19.1 Å². The molecule has 1 rings (SSSR count). The molecule has 0 aromatic rings. The zero-order chi connectivity index (χ0) is 17.3. The average Bonchev–Trinajstić information content (AvgIpc) is 2.46. The van der Waals surface area contributed by atoms with Gasteiger partial charge in [0.25, 0.3) is 0 Å². The first-order chi connectivity index (χ1) is 10.8.